The standard InChI is InChI=1S/C11H6O7S/c12-1-6-7(2-13)9(19-8(6)3-14)11(4-15,5-16)10(17)18/h1-5H,(H,17,18). The van der Waals surface area contributed by atoms with E-state index in [1.54, 1.807) is 0 Å². The average molecular weight is 282 g/mol. The van der Waals surface area contributed by atoms with Gasteiger partial charge in [-0.15, -0.1) is 11.3 Å². The van der Waals surface area contributed by atoms with Gasteiger partial charge in [-0.1, -0.05) is 0 Å². The molecule has 1 N–H and O–H groups in total. The zero-order valence-corrected chi connectivity index (χ0v) is 10.0. The van der Waals surface area contributed by atoms with Crippen molar-refractivity contribution >= 4 is 48.7 Å². The van der Waals surface area contributed by atoms with Crippen LogP contribution in [0.1, 0.15) is 35.3 Å². The van der Waals surface area contributed by atoms with Crippen molar-refractivity contribution in [3.05, 3.63) is 20.9 Å². The molecule has 0 aliphatic carbocycles. The van der Waals surface area contributed by atoms with E-state index >= 15 is 0 Å². The smallest absolute Gasteiger partial charge is 0.329 e. The maximum atomic E-state index is 11.1. The molecule has 0 fully saturated rings. The van der Waals surface area contributed by atoms with Crippen LogP contribution in [0.3, 0.4) is 0 Å². The molecule has 8 heteroatoms. The Balaban J connectivity index is 3.79. The van der Waals surface area contributed by atoms with Gasteiger partial charge < -0.3 is 14.7 Å². The summed E-state index contributed by atoms with van der Waals surface area (Å²) in [5.41, 5.74) is -3.37. The van der Waals surface area contributed by atoms with Crippen LogP contribution in [-0.4, -0.2) is 42.5 Å². The van der Waals surface area contributed by atoms with Crippen LogP contribution < -0.4 is 0 Å². The fourth-order valence-electron chi connectivity index (χ4n) is 1.44. The number of hydrogen-bond donors (Lipinski definition) is 1. The van der Waals surface area contributed by atoms with Gasteiger partial charge in [0.15, 0.2) is 18.9 Å². The maximum absolute atomic E-state index is 11.1. The van der Waals surface area contributed by atoms with E-state index < -0.39 is 21.8 Å². The molecule has 0 saturated heterocycles. The first-order valence-corrected chi connectivity index (χ1v) is 5.52. The predicted octanol–water partition coefficient (Wildman–Crippen LogP) is -0.0942. The lowest BCUT2D eigenvalue weighted by Crippen LogP contribution is -2.39. The molecule has 0 aromatic carbocycles. The van der Waals surface area contributed by atoms with Crippen molar-refractivity contribution in [3.63, 3.8) is 0 Å². The van der Waals surface area contributed by atoms with Crippen molar-refractivity contribution in [1.82, 2.24) is 0 Å². The number of carbonyl (C=O) groups is 6. The second-order valence-electron chi connectivity index (χ2n) is 3.39. The Hall–Kier alpha value is -2.48. The predicted molar refractivity (Wildman–Crippen MR) is 61.9 cm³/mol. The Labute approximate surface area is 109 Å². The van der Waals surface area contributed by atoms with Crippen LogP contribution in [0, 0.1) is 0 Å². The average Bonchev–Trinajstić information content (AvgIpc) is 2.78. The van der Waals surface area contributed by atoms with Gasteiger partial charge in [0, 0.05) is 16.0 Å². The van der Waals surface area contributed by atoms with E-state index in [0.29, 0.717) is 11.3 Å². The number of carboxylic acids is 1. The third-order valence-corrected chi connectivity index (χ3v) is 3.75. The highest BCUT2D eigenvalue weighted by atomic mass is 32.1. The number of rotatable bonds is 7. The summed E-state index contributed by atoms with van der Waals surface area (Å²) in [6.45, 7) is 0. The van der Waals surface area contributed by atoms with Gasteiger partial charge in [-0.3, -0.25) is 19.2 Å². The van der Waals surface area contributed by atoms with Crippen molar-refractivity contribution in [2.75, 3.05) is 0 Å². The number of aldehydes is 5. The largest absolute Gasteiger partial charge is 0.480 e. The van der Waals surface area contributed by atoms with Gasteiger partial charge in [-0.25, -0.2) is 0 Å². The Morgan fingerprint density at radius 3 is 1.79 bits per heavy atom. The molecule has 0 atom stereocenters. The quantitative estimate of drug-likeness (QED) is 0.547. The van der Waals surface area contributed by atoms with Crippen molar-refractivity contribution in [3.8, 4) is 0 Å². The van der Waals surface area contributed by atoms with Gasteiger partial charge >= 0.3 is 5.97 Å². The highest BCUT2D eigenvalue weighted by Crippen LogP contribution is 2.34. The molecule has 1 heterocycles. The SMILES string of the molecule is O=Cc1sc(C(C=O)(C=O)C(=O)O)c(C=O)c1C=O. The molecule has 0 amide bonds. The summed E-state index contributed by atoms with van der Waals surface area (Å²) in [6.07, 6.45) is 0.269. The number of carboxylic acid groups (broad SMARTS) is 1. The molecule has 0 bridgehead atoms. The Bertz CT molecular complexity index is 576. The highest BCUT2D eigenvalue weighted by Gasteiger charge is 2.45. The second-order valence-corrected chi connectivity index (χ2v) is 4.44. The van der Waals surface area contributed by atoms with Crippen molar-refractivity contribution < 1.29 is 33.9 Å². The number of carbonyl (C=O) groups excluding carboxylic acids is 5. The van der Waals surface area contributed by atoms with E-state index in [0.717, 1.165) is 0 Å². The summed E-state index contributed by atoms with van der Waals surface area (Å²) < 4.78 is 0. The molecule has 98 valence electrons. The first-order valence-electron chi connectivity index (χ1n) is 4.71. The lowest BCUT2D eigenvalue weighted by Gasteiger charge is -2.14. The Morgan fingerprint density at radius 1 is 0.947 bits per heavy atom. The van der Waals surface area contributed by atoms with Gasteiger partial charge in [0.25, 0.3) is 0 Å². The topological polar surface area (TPSA) is 123 Å². The summed E-state index contributed by atoms with van der Waals surface area (Å²) in [6, 6.07) is 0. The van der Waals surface area contributed by atoms with E-state index in [-0.39, 0.29) is 41.9 Å². The minimum absolute atomic E-state index is 0.132. The molecule has 1 rings (SSSR count). The fourth-order valence-corrected chi connectivity index (χ4v) is 2.60. The fraction of sp³-hybridized carbons (Fsp3) is 0.0909. The molecule has 1 aromatic rings. The lowest BCUT2D eigenvalue weighted by atomic mass is 9.87. The molecule has 0 aliphatic rings. The van der Waals surface area contributed by atoms with Gasteiger partial charge in [0.2, 0.25) is 5.41 Å². The molecular formula is C11H6O7S. The molecule has 0 spiro atoms. The molecule has 19 heavy (non-hydrogen) atoms. The maximum Gasteiger partial charge on any atom is 0.329 e. The molecule has 0 unspecified atom stereocenters. The summed E-state index contributed by atoms with van der Waals surface area (Å²) in [5, 5.41) is 8.99. The molecule has 1 aromatic heterocycles. The van der Waals surface area contributed by atoms with Crippen LogP contribution in [0.5, 0.6) is 0 Å². The van der Waals surface area contributed by atoms with Crippen LogP contribution in [0.15, 0.2) is 0 Å². The van der Waals surface area contributed by atoms with Crippen molar-refractivity contribution in [2.45, 2.75) is 5.41 Å². The molecule has 7 nitrogen and oxygen atoms in total. The highest BCUT2D eigenvalue weighted by molar-refractivity contribution is 7.15. The van der Waals surface area contributed by atoms with Crippen LogP contribution in [0.25, 0.3) is 0 Å². The van der Waals surface area contributed by atoms with Gasteiger partial charge in [-0.05, 0) is 0 Å². The van der Waals surface area contributed by atoms with Gasteiger partial charge in [0.1, 0.15) is 12.6 Å². The van der Waals surface area contributed by atoms with Crippen LogP contribution >= 0.6 is 11.3 Å². The van der Waals surface area contributed by atoms with E-state index in [9.17, 15) is 28.8 Å². The van der Waals surface area contributed by atoms with Crippen LogP contribution in [0.2, 0.25) is 0 Å². The minimum Gasteiger partial charge on any atom is -0.480 e. The number of aliphatic carboxylic acids is 1. The summed E-state index contributed by atoms with van der Waals surface area (Å²) in [4.78, 5) is 64.9. The molecule has 0 saturated carbocycles. The Morgan fingerprint density at radius 2 is 1.47 bits per heavy atom. The first kappa shape index (κ1) is 14.6. The first-order chi connectivity index (χ1) is 9.02. The second kappa shape index (κ2) is 5.44. The summed E-state index contributed by atoms with van der Waals surface area (Å²) >= 11 is 0.446. The summed E-state index contributed by atoms with van der Waals surface area (Å²) in [7, 11) is 0. The van der Waals surface area contributed by atoms with E-state index in [4.69, 9.17) is 5.11 Å². The zero-order valence-electron chi connectivity index (χ0n) is 9.19. The minimum atomic E-state index is -2.60. The monoisotopic (exact) mass is 282 g/mol. The van der Waals surface area contributed by atoms with E-state index in [1.807, 2.05) is 0 Å². The Kier molecular flexibility index (Phi) is 4.18. The van der Waals surface area contributed by atoms with Crippen molar-refractivity contribution in [1.29, 1.82) is 0 Å². The third kappa shape index (κ3) is 2.02. The number of hydrogen-bond acceptors (Lipinski definition) is 7. The zero-order chi connectivity index (χ0) is 14.6. The third-order valence-electron chi connectivity index (χ3n) is 2.46. The van der Waals surface area contributed by atoms with Gasteiger partial charge in [-0.2, -0.15) is 0 Å². The van der Waals surface area contributed by atoms with E-state index in [2.05, 4.69) is 0 Å². The van der Waals surface area contributed by atoms with Crippen LogP contribution in [-0.2, 0) is 19.8 Å². The normalized spacial score (nSPS) is 10.5. The molecular weight excluding hydrogens is 276 g/mol. The van der Waals surface area contributed by atoms with Gasteiger partial charge in [0.05, 0.1) is 4.88 Å². The van der Waals surface area contributed by atoms with Crippen LogP contribution in [0.4, 0.5) is 0 Å². The van der Waals surface area contributed by atoms with Crippen molar-refractivity contribution in [2.24, 2.45) is 0 Å². The number of thiophene rings is 1. The molecule has 0 aliphatic heterocycles. The molecule has 0 radical (unpaired) electrons. The van der Waals surface area contributed by atoms with E-state index in [1.165, 1.54) is 0 Å². The lowest BCUT2D eigenvalue weighted by molar-refractivity contribution is -0.147. The summed E-state index contributed by atoms with van der Waals surface area (Å²) in [5.74, 6) is -1.79.